The highest BCUT2D eigenvalue weighted by molar-refractivity contribution is 7.16. The maximum absolute atomic E-state index is 11.1. The summed E-state index contributed by atoms with van der Waals surface area (Å²) in [6, 6.07) is 8.80. The number of nitrogens with zero attached hydrogens (tertiary/aromatic N) is 2. The molecule has 3 aromatic rings. The van der Waals surface area contributed by atoms with Gasteiger partial charge in [-0.15, -0.1) is 11.3 Å². The lowest BCUT2D eigenvalue weighted by molar-refractivity contribution is 0.0697. The van der Waals surface area contributed by atoms with E-state index in [2.05, 4.69) is 4.98 Å². The van der Waals surface area contributed by atoms with Crippen molar-refractivity contribution in [3.63, 3.8) is 0 Å². The van der Waals surface area contributed by atoms with Gasteiger partial charge in [-0.3, -0.25) is 0 Å². The first-order valence-electron chi connectivity index (χ1n) is 5.99. The van der Waals surface area contributed by atoms with Crippen LogP contribution in [-0.2, 0) is 6.54 Å². The van der Waals surface area contributed by atoms with Crippen LogP contribution in [0.4, 0.5) is 0 Å². The molecule has 3 rings (SSSR count). The number of aryl methyl sites for hydroxylation is 1. The molecule has 0 bridgehead atoms. The predicted octanol–water partition coefficient (Wildman–Crippen LogP) is 3.81. The smallest absolute Gasteiger partial charge is 0.335 e. The molecule has 0 saturated heterocycles. The second-order valence-electron chi connectivity index (χ2n) is 4.46. The van der Waals surface area contributed by atoms with E-state index in [9.17, 15) is 4.79 Å². The second-order valence-corrected chi connectivity index (χ2v) is 6.26. The van der Waals surface area contributed by atoms with Gasteiger partial charge in [-0.2, -0.15) is 0 Å². The van der Waals surface area contributed by atoms with Gasteiger partial charge in [0.15, 0.2) is 0 Å². The van der Waals surface area contributed by atoms with Gasteiger partial charge in [0.2, 0.25) is 0 Å². The molecule has 20 heavy (non-hydrogen) atoms. The van der Waals surface area contributed by atoms with Crippen LogP contribution in [0.2, 0.25) is 4.34 Å². The normalized spacial score (nSPS) is 11.1. The lowest BCUT2D eigenvalue weighted by atomic mass is 10.2. The predicted molar refractivity (Wildman–Crippen MR) is 79.9 cm³/mol. The number of carboxylic acids is 1. The van der Waals surface area contributed by atoms with Crippen LogP contribution in [0.3, 0.4) is 0 Å². The fraction of sp³-hybridized carbons (Fsp3) is 0.143. The highest BCUT2D eigenvalue weighted by Crippen LogP contribution is 2.25. The Labute approximate surface area is 124 Å². The topological polar surface area (TPSA) is 55.1 Å². The number of hydrogen-bond donors (Lipinski definition) is 1. The number of aromatic nitrogens is 2. The number of hydrogen-bond acceptors (Lipinski definition) is 3. The Kier molecular flexibility index (Phi) is 3.23. The van der Waals surface area contributed by atoms with Gasteiger partial charge in [0, 0.05) is 4.88 Å². The number of thiophene rings is 1. The van der Waals surface area contributed by atoms with Crippen molar-refractivity contribution in [2.45, 2.75) is 13.5 Å². The van der Waals surface area contributed by atoms with Crippen LogP contribution < -0.4 is 0 Å². The Hall–Kier alpha value is -1.85. The van der Waals surface area contributed by atoms with Gasteiger partial charge in [0.1, 0.15) is 5.82 Å². The molecule has 0 aliphatic carbocycles. The third kappa shape index (κ3) is 2.30. The van der Waals surface area contributed by atoms with E-state index in [1.165, 1.54) is 11.3 Å². The molecule has 1 aromatic carbocycles. The van der Waals surface area contributed by atoms with E-state index in [0.29, 0.717) is 6.54 Å². The molecule has 0 radical (unpaired) electrons. The van der Waals surface area contributed by atoms with E-state index in [0.717, 1.165) is 26.1 Å². The summed E-state index contributed by atoms with van der Waals surface area (Å²) in [7, 11) is 0. The maximum atomic E-state index is 11.1. The van der Waals surface area contributed by atoms with Crippen LogP contribution in [0.5, 0.6) is 0 Å². The minimum Gasteiger partial charge on any atom is -0.478 e. The van der Waals surface area contributed by atoms with Gasteiger partial charge < -0.3 is 9.67 Å². The van der Waals surface area contributed by atoms with Crippen molar-refractivity contribution in [3.05, 3.63) is 50.9 Å². The highest BCUT2D eigenvalue weighted by atomic mass is 35.5. The zero-order chi connectivity index (χ0) is 14.3. The zero-order valence-electron chi connectivity index (χ0n) is 10.6. The van der Waals surface area contributed by atoms with Crippen LogP contribution in [0, 0.1) is 6.92 Å². The summed E-state index contributed by atoms with van der Waals surface area (Å²) < 4.78 is 2.75. The van der Waals surface area contributed by atoms with Crippen molar-refractivity contribution in [2.75, 3.05) is 0 Å². The summed E-state index contributed by atoms with van der Waals surface area (Å²) in [5.74, 6) is -0.0801. The number of imidazole rings is 1. The van der Waals surface area contributed by atoms with Crippen molar-refractivity contribution in [2.24, 2.45) is 0 Å². The molecule has 1 N–H and O–H groups in total. The van der Waals surface area contributed by atoms with Crippen molar-refractivity contribution >= 4 is 39.9 Å². The van der Waals surface area contributed by atoms with E-state index in [4.69, 9.17) is 16.7 Å². The quantitative estimate of drug-likeness (QED) is 0.800. The van der Waals surface area contributed by atoms with Crippen LogP contribution >= 0.6 is 22.9 Å². The number of fused-ring (bicyclic) bond motifs is 1. The number of carboxylic acid groups (broad SMARTS) is 1. The lowest BCUT2D eigenvalue weighted by Gasteiger charge is -2.05. The Balaban J connectivity index is 2.10. The Morgan fingerprint density at radius 1 is 1.40 bits per heavy atom. The number of rotatable bonds is 3. The molecular weight excluding hydrogens is 296 g/mol. The maximum Gasteiger partial charge on any atom is 0.335 e. The van der Waals surface area contributed by atoms with Gasteiger partial charge in [-0.05, 0) is 37.3 Å². The molecular formula is C14H11ClN2O2S. The molecule has 0 aliphatic heterocycles. The third-order valence-corrected chi connectivity index (χ3v) is 4.34. The van der Waals surface area contributed by atoms with Crippen molar-refractivity contribution in [1.82, 2.24) is 9.55 Å². The largest absolute Gasteiger partial charge is 0.478 e. The lowest BCUT2D eigenvalue weighted by Crippen LogP contribution is -2.01. The molecule has 0 spiro atoms. The molecule has 0 amide bonds. The molecule has 2 heterocycles. The summed E-state index contributed by atoms with van der Waals surface area (Å²) in [6.07, 6.45) is 0. The summed E-state index contributed by atoms with van der Waals surface area (Å²) in [6.45, 7) is 2.55. The number of benzene rings is 1. The van der Waals surface area contributed by atoms with Crippen molar-refractivity contribution in [1.29, 1.82) is 0 Å². The molecule has 0 atom stereocenters. The SMILES string of the molecule is Cc1nc2ccc(C(=O)O)cc2n1Cc1ccc(Cl)s1. The van der Waals surface area contributed by atoms with Gasteiger partial charge in [-0.25, -0.2) is 9.78 Å². The highest BCUT2D eigenvalue weighted by Gasteiger charge is 2.12. The third-order valence-electron chi connectivity index (χ3n) is 3.13. The minimum atomic E-state index is -0.934. The molecule has 6 heteroatoms. The molecule has 0 unspecified atom stereocenters. The summed E-state index contributed by atoms with van der Waals surface area (Å²) >= 11 is 7.46. The van der Waals surface area contributed by atoms with E-state index in [1.54, 1.807) is 18.2 Å². The molecule has 0 fully saturated rings. The van der Waals surface area contributed by atoms with Crippen LogP contribution in [-0.4, -0.2) is 20.6 Å². The van der Waals surface area contributed by atoms with Crippen molar-refractivity contribution < 1.29 is 9.90 Å². The molecule has 0 aliphatic rings. The standard InChI is InChI=1S/C14H11ClN2O2S/c1-8-16-11-4-2-9(14(18)19)6-12(11)17(8)7-10-3-5-13(15)20-10/h2-6H,7H2,1H3,(H,18,19). The number of carbonyl (C=O) groups is 1. The zero-order valence-corrected chi connectivity index (χ0v) is 12.2. The van der Waals surface area contributed by atoms with Crippen molar-refractivity contribution in [3.8, 4) is 0 Å². The van der Waals surface area contributed by atoms with E-state index >= 15 is 0 Å². The Bertz CT molecular complexity index is 807. The second kappa shape index (κ2) is 4.92. The first-order valence-corrected chi connectivity index (χ1v) is 7.18. The summed E-state index contributed by atoms with van der Waals surface area (Å²) in [5.41, 5.74) is 1.89. The Morgan fingerprint density at radius 2 is 2.20 bits per heavy atom. The van der Waals surface area contributed by atoms with Gasteiger partial charge in [0.05, 0.1) is 27.5 Å². The number of halogens is 1. The Morgan fingerprint density at radius 3 is 2.85 bits per heavy atom. The average Bonchev–Trinajstić information content (AvgIpc) is 2.94. The molecule has 4 nitrogen and oxygen atoms in total. The van der Waals surface area contributed by atoms with E-state index < -0.39 is 5.97 Å². The average molecular weight is 307 g/mol. The van der Waals surface area contributed by atoms with Gasteiger partial charge in [0.25, 0.3) is 0 Å². The van der Waals surface area contributed by atoms with E-state index in [-0.39, 0.29) is 5.56 Å². The number of aromatic carboxylic acids is 1. The monoisotopic (exact) mass is 306 g/mol. The van der Waals surface area contributed by atoms with Gasteiger partial charge in [-0.1, -0.05) is 11.6 Å². The van der Waals surface area contributed by atoms with Crippen LogP contribution in [0.1, 0.15) is 21.1 Å². The van der Waals surface area contributed by atoms with Gasteiger partial charge >= 0.3 is 5.97 Å². The fourth-order valence-electron chi connectivity index (χ4n) is 2.17. The van der Waals surface area contributed by atoms with Crippen LogP contribution in [0.15, 0.2) is 30.3 Å². The van der Waals surface area contributed by atoms with E-state index in [1.807, 2.05) is 23.6 Å². The summed E-state index contributed by atoms with van der Waals surface area (Å²) in [4.78, 5) is 16.6. The first-order chi connectivity index (χ1) is 9.54. The molecule has 0 saturated carbocycles. The summed E-state index contributed by atoms with van der Waals surface area (Å²) in [5, 5.41) is 9.09. The minimum absolute atomic E-state index is 0.267. The van der Waals surface area contributed by atoms with Crippen LogP contribution in [0.25, 0.3) is 11.0 Å². The molecule has 102 valence electrons. The first kappa shape index (κ1) is 13.1. The fourth-order valence-corrected chi connectivity index (χ4v) is 3.24. The molecule has 2 aromatic heterocycles.